The van der Waals surface area contributed by atoms with E-state index in [1.165, 1.54) is 0 Å². The molecule has 0 saturated heterocycles. The maximum atomic E-state index is 12.4. The SMILES string of the molecule is Cc1noc(C)c1S(=O)(=O)NCc1cccc2ccccc12. The van der Waals surface area contributed by atoms with Gasteiger partial charge in [0.2, 0.25) is 10.0 Å². The van der Waals surface area contributed by atoms with Crippen molar-refractivity contribution in [2.75, 3.05) is 0 Å². The molecule has 0 amide bonds. The van der Waals surface area contributed by atoms with Crippen LogP contribution in [0.1, 0.15) is 17.0 Å². The number of hydrogen-bond donors (Lipinski definition) is 1. The van der Waals surface area contributed by atoms with Crippen LogP contribution in [0.2, 0.25) is 0 Å². The summed E-state index contributed by atoms with van der Waals surface area (Å²) in [5, 5.41) is 5.81. The van der Waals surface area contributed by atoms with Crippen LogP contribution in [0.3, 0.4) is 0 Å². The normalized spacial score (nSPS) is 11.9. The van der Waals surface area contributed by atoms with Gasteiger partial charge in [-0.05, 0) is 30.2 Å². The molecule has 114 valence electrons. The van der Waals surface area contributed by atoms with Gasteiger partial charge in [-0.15, -0.1) is 0 Å². The zero-order chi connectivity index (χ0) is 15.7. The average Bonchev–Trinajstić information content (AvgIpc) is 2.85. The maximum Gasteiger partial charge on any atom is 0.246 e. The lowest BCUT2D eigenvalue weighted by molar-refractivity contribution is 0.390. The molecule has 6 heteroatoms. The Balaban J connectivity index is 1.91. The third kappa shape index (κ3) is 2.63. The number of nitrogens with one attached hydrogen (secondary N) is 1. The van der Waals surface area contributed by atoms with Crippen LogP contribution in [0, 0.1) is 13.8 Å². The molecule has 1 aromatic heterocycles. The number of aryl methyl sites for hydroxylation is 2. The molecule has 0 aliphatic heterocycles. The number of rotatable bonds is 4. The first kappa shape index (κ1) is 14.7. The van der Waals surface area contributed by atoms with Crippen molar-refractivity contribution in [1.82, 2.24) is 9.88 Å². The largest absolute Gasteiger partial charge is 0.360 e. The zero-order valence-electron chi connectivity index (χ0n) is 12.3. The molecule has 0 radical (unpaired) electrons. The minimum atomic E-state index is -3.65. The lowest BCUT2D eigenvalue weighted by atomic mass is 10.1. The van der Waals surface area contributed by atoms with Crippen LogP contribution in [0.15, 0.2) is 51.9 Å². The Kier molecular flexibility index (Phi) is 3.72. The molecule has 0 aliphatic rings. The lowest BCUT2D eigenvalue weighted by Gasteiger charge is -2.09. The molecule has 22 heavy (non-hydrogen) atoms. The van der Waals surface area contributed by atoms with Crippen molar-refractivity contribution in [1.29, 1.82) is 0 Å². The molecule has 0 aliphatic carbocycles. The average molecular weight is 316 g/mol. The Morgan fingerprint density at radius 1 is 1.09 bits per heavy atom. The Morgan fingerprint density at radius 2 is 1.82 bits per heavy atom. The lowest BCUT2D eigenvalue weighted by Crippen LogP contribution is -2.24. The van der Waals surface area contributed by atoms with E-state index in [0.717, 1.165) is 16.3 Å². The zero-order valence-corrected chi connectivity index (χ0v) is 13.1. The van der Waals surface area contributed by atoms with Gasteiger partial charge < -0.3 is 4.52 Å². The van der Waals surface area contributed by atoms with Crippen molar-refractivity contribution in [3.8, 4) is 0 Å². The van der Waals surface area contributed by atoms with E-state index < -0.39 is 10.0 Å². The van der Waals surface area contributed by atoms with Crippen molar-refractivity contribution >= 4 is 20.8 Å². The quantitative estimate of drug-likeness (QED) is 0.803. The van der Waals surface area contributed by atoms with Crippen LogP contribution < -0.4 is 4.72 Å². The highest BCUT2D eigenvalue weighted by molar-refractivity contribution is 7.89. The Hall–Kier alpha value is -2.18. The number of sulfonamides is 1. The highest BCUT2D eigenvalue weighted by atomic mass is 32.2. The second kappa shape index (κ2) is 5.55. The first-order chi connectivity index (χ1) is 10.5. The number of nitrogens with zero attached hydrogens (tertiary/aromatic N) is 1. The van der Waals surface area contributed by atoms with E-state index in [9.17, 15) is 8.42 Å². The summed E-state index contributed by atoms with van der Waals surface area (Å²) in [6, 6.07) is 13.7. The summed E-state index contributed by atoms with van der Waals surface area (Å²) in [5.41, 5.74) is 1.29. The van der Waals surface area contributed by atoms with Gasteiger partial charge in [-0.2, -0.15) is 0 Å². The fraction of sp³-hybridized carbons (Fsp3) is 0.188. The maximum absolute atomic E-state index is 12.4. The summed E-state index contributed by atoms with van der Waals surface area (Å²) in [4.78, 5) is 0.118. The van der Waals surface area contributed by atoms with E-state index in [0.29, 0.717) is 11.5 Å². The molecular weight excluding hydrogens is 300 g/mol. The van der Waals surface area contributed by atoms with Crippen LogP contribution >= 0.6 is 0 Å². The van der Waals surface area contributed by atoms with Crippen molar-refractivity contribution in [2.24, 2.45) is 0 Å². The van der Waals surface area contributed by atoms with Gasteiger partial charge in [0.25, 0.3) is 0 Å². The first-order valence-electron chi connectivity index (χ1n) is 6.88. The Labute approximate surface area is 129 Å². The predicted molar refractivity (Wildman–Crippen MR) is 84.0 cm³/mol. The molecule has 5 nitrogen and oxygen atoms in total. The van der Waals surface area contributed by atoms with Crippen molar-refractivity contribution in [3.63, 3.8) is 0 Å². The van der Waals surface area contributed by atoms with Gasteiger partial charge in [-0.3, -0.25) is 0 Å². The molecule has 1 N–H and O–H groups in total. The van der Waals surface area contributed by atoms with E-state index >= 15 is 0 Å². The number of hydrogen-bond acceptors (Lipinski definition) is 4. The molecule has 1 heterocycles. The van der Waals surface area contributed by atoms with Gasteiger partial charge in [0.05, 0.1) is 0 Å². The fourth-order valence-electron chi connectivity index (χ4n) is 2.55. The minimum Gasteiger partial charge on any atom is -0.360 e. The highest BCUT2D eigenvalue weighted by Crippen LogP contribution is 2.21. The van der Waals surface area contributed by atoms with Crippen LogP contribution in [-0.4, -0.2) is 13.6 Å². The predicted octanol–water partition coefficient (Wildman–Crippen LogP) is 2.92. The number of fused-ring (bicyclic) bond motifs is 1. The summed E-state index contributed by atoms with van der Waals surface area (Å²) in [6.07, 6.45) is 0. The van der Waals surface area contributed by atoms with E-state index in [1.807, 2.05) is 42.5 Å². The topological polar surface area (TPSA) is 72.2 Å². The number of aromatic nitrogens is 1. The monoisotopic (exact) mass is 316 g/mol. The highest BCUT2D eigenvalue weighted by Gasteiger charge is 2.23. The molecule has 0 spiro atoms. The summed E-state index contributed by atoms with van der Waals surface area (Å²) in [7, 11) is -3.65. The molecule has 0 bridgehead atoms. The molecule has 2 aromatic carbocycles. The van der Waals surface area contributed by atoms with Crippen LogP contribution in [-0.2, 0) is 16.6 Å². The van der Waals surface area contributed by atoms with E-state index in [1.54, 1.807) is 13.8 Å². The van der Waals surface area contributed by atoms with E-state index in [2.05, 4.69) is 9.88 Å². The smallest absolute Gasteiger partial charge is 0.246 e. The third-order valence-electron chi connectivity index (χ3n) is 3.57. The second-order valence-corrected chi connectivity index (χ2v) is 6.82. The first-order valence-corrected chi connectivity index (χ1v) is 8.36. The molecule has 0 fully saturated rings. The standard InChI is InChI=1S/C16H16N2O3S/c1-11-16(12(2)21-18-11)22(19,20)17-10-14-8-5-7-13-6-3-4-9-15(13)14/h3-9,17H,10H2,1-2H3. The van der Waals surface area contributed by atoms with Crippen LogP contribution in [0.25, 0.3) is 10.8 Å². The molecule has 3 aromatic rings. The molecule has 0 atom stereocenters. The molecule has 0 unspecified atom stereocenters. The van der Waals surface area contributed by atoms with Gasteiger partial charge in [-0.1, -0.05) is 47.6 Å². The molecule has 3 rings (SSSR count). The van der Waals surface area contributed by atoms with Crippen molar-refractivity contribution < 1.29 is 12.9 Å². The van der Waals surface area contributed by atoms with Gasteiger partial charge in [0, 0.05) is 6.54 Å². The van der Waals surface area contributed by atoms with Gasteiger partial charge in [-0.25, -0.2) is 13.1 Å². The third-order valence-corrected chi connectivity index (χ3v) is 5.21. The van der Waals surface area contributed by atoms with Gasteiger partial charge >= 0.3 is 0 Å². The van der Waals surface area contributed by atoms with Gasteiger partial charge in [0.1, 0.15) is 10.6 Å². The summed E-state index contributed by atoms with van der Waals surface area (Å²) < 4.78 is 32.4. The molecule has 0 saturated carbocycles. The van der Waals surface area contributed by atoms with Crippen molar-refractivity contribution in [2.45, 2.75) is 25.3 Å². The fourth-order valence-corrected chi connectivity index (χ4v) is 3.88. The Bertz CT molecular complexity index is 905. The minimum absolute atomic E-state index is 0.118. The van der Waals surface area contributed by atoms with Crippen molar-refractivity contribution in [3.05, 3.63) is 59.5 Å². The van der Waals surface area contributed by atoms with Crippen LogP contribution in [0.4, 0.5) is 0 Å². The van der Waals surface area contributed by atoms with E-state index in [-0.39, 0.29) is 11.4 Å². The van der Waals surface area contributed by atoms with Crippen LogP contribution in [0.5, 0.6) is 0 Å². The summed E-state index contributed by atoms with van der Waals surface area (Å²) >= 11 is 0. The Morgan fingerprint density at radius 3 is 2.55 bits per heavy atom. The summed E-state index contributed by atoms with van der Waals surface area (Å²) in [6.45, 7) is 3.42. The summed E-state index contributed by atoms with van der Waals surface area (Å²) in [5.74, 6) is 0.294. The number of benzene rings is 2. The second-order valence-electron chi connectivity index (χ2n) is 5.12. The van der Waals surface area contributed by atoms with Gasteiger partial charge in [0.15, 0.2) is 5.76 Å². The van der Waals surface area contributed by atoms with E-state index in [4.69, 9.17) is 4.52 Å². The molecular formula is C16H16N2O3S.